The highest BCUT2D eigenvalue weighted by atomic mass is 32.2. The molecule has 0 saturated heterocycles. The molecule has 0 spiro atoms. The van der Waals surface area contributed by atoms with Gasteiger partial charge in [0.25, 0.3) is 0 Å². The minimum atomic E-state index is 0.288. The molecule has 9 heavy (non-hydrogen) atoms. The molecular formula is C6H4OS2. The molecule has 1 aromatic heterocycles. The first-order valence-electron chi connectivity index (χ1n) is 2.61. The van der Waals surface area contributed by atoms with Crippen LogP contribution in [0.15, 0.2) is 15.7 Å². The number of hydrogen-bond acceptors (Lipinski definition) is 3. The largest absolute Gasteiger partial charge is 0.293 e. The van der Waals surface area contributed by atoms with Gasteiger partial charge in [-0.25, -0.2) is 0 Å². The predicted molar refractivity (Wildman–Crippen MR) is 39.4 cm³/mol. The van der Waals surface area contributed by atoms with Crippen molar-refractivity contribution < 1.29 is 4.79 Å². The molecule has 0 fully saturated rings. The normalized spacial score (nSPS) is 16.2. The minimum absolute atomic E-state index is 0.288. The second kappa shape index (κ2) is 1.85. The van der Waals surface area contributed by atoms with Crippen LogP contribution in [-0.2, 0) is 0 Å². The van der Waals surface area contributed by atoms with E-state index in [4.69, 9.17) is 0 Å². The zero-order chi connectivity index (χ0) is 6.27. The average molecular weight is 156 g/mol. The lowest BCUT2D eigenvalue weighted by molar-refractivity contribution is 0.102. The van der Waals surface area contributed by atoms with Crippen molar-refractivity contribution in [3.05, 3.63) is 17.0 Å². The zero-order valence-electron chi connectivity index (χ0n) is 4.59. The van der Waals surface area contributed by atoms with E-state index in [1.165, 1.54) is 4.21 Å². The number of thioether (sulfide) groups is 1. The van der Waals surface area contributed by atoms with Crippen LogP contribution in [0.5, 0.6) is 0 Å². The van der Waals surface area contributed by atoms with Crippen LogP contribution in [0.25, 0.3) is 0 Å². The summed E-state index contributed by atoms with van der Waals surface area (Å²) in [4.78, 5) is 10.9. The van der Waals surface area contributed by atoms with Crippen LogP contribution in [0.2, 0.25) is 0 Å². The van der Waals surface area contributed by atoms with E-state index in [1.54, 1.807) is 23.1 Å². The second-order valence-corrected chi connectivity index (χ2v) is 3.99. The van der Waals surface area contributed by atoms with Crippen molar-refractivity contribution in [1.82, 2.24) is 0 Å². The fourth-order valence-electron chi connectivity index (χ4n) is 0.823. The number of ketones is 1. The van der Waals surface area contributed by atoms with Crippen LogP contribution >= 0.6 is 23.1 Å². The van der Waals surface area contributed by atoms with Crippen LogP contribution in [-0.4, -0.2) is 11.5 Å². The van der Waals surface area contributed by atoms with Crippen LogP contribution in [0.4, 0.5) is 0 Å². The molecule has 0 saturated carbocycles. The molecule has 0 N–H and O–H groups in total. The van der Waals surface area contributed by atoms with Gasteiger partial charge in [-0.2, -0.15) is 0 Å². The topological polar surface area (TPSA) is 17.1 Å². The minimum Gasteiger partial charge on any atom is -0.293 e. The maximum atomic E-state index is 10.9. The summed E-state index contributed by atoms with van der Waals surface area (Å²) in [5.41, 5.74) is 0.935. The van der Waals surface area contributed by atoms with E-state index < -0.39 is 0 Å². The number of fused-ring (bicyclic) bond motifs is 1. The highest BCUT2D eigenvalue weighted by molar-refractivity contribution is 8.02. The van der Waals surface area contributed by atoms with E-state index in [0.29, 0.717) is 5.75 Å². The van der Waals surface area contributed by atoms with Gasteiger partial charge in [0.15, 0.2) is 5.78 Å². The monoisotopic (exact) mass is 156 g/mol. The van der Waals surface area contributed by atoms with Gasteiger partial charge in [0.05, 0.1) is 9.96 Å². The highest BCUT2D eigenvalue weighted by Crippen LogP contribution is 2.35. The Kier molecular flexibility index (Phi) is 1.13. The lowest BCUT2D eigenvalue weighted by Gasteiger charge is -1.77. The van der Waals surface area contributed by atoms with Gasteiger partial charge in [-0.05, 0) is 11.4 Å². The molecule has 0 unspecified atom stereocenters. The Hall–Kier alpha value is -0.280. The van der Waals surface area contributed by atoms with Crippen molar-refractivity contribution >= 4 is 28.9 Å². The van der Waals surface area contributed by atoms with Crippen molar-refractivity contribution in [2.75, 3.05) is 5.75 Å². The Morgan fingerprint density at radius 3 is 3.22 bits per heavy atom. The number of Topliss-reactive ketones (excluding diaryl/α,β-unsaturated/α-hetero) is 1. The quantitative estimate of drug-likeness (QED) is 0.571. The summed E-state index contributed by atoms with van der Waals surface area (Å²) in [6.45, 7) is 0. The van der Waals surface area contributed by atoms with E-state index in [-0.39, 0.29) is 5.78 Å². The molecular weight excluding hydrogens is 152 g/mol. The van der Waals surface area contributed by atoms with E-state index >= 15 is 0 Å². The summed E-state index contributed by atoms with van der Waals surface area (Å²) in [5, 5.41) is 1.97. The van der Waals surface area contributed by atoms with Crippen molar-refractivity contribution in [3.8, 4) is 0 Å². The number of carbonyl (C=O) groups excluding carboxylic acids is 1. The Bertz CT molecular complexity index is 251. The Morgan fingerprint density at radius 1 is 1.56 bits per heavy atom. The first-order chi connectivity index (χ1) is 4.38. The van der Waals surface area contributed by atoms with Crippen LogP contribution in [0.3, 0.4) is 0 Å². The number of hydrogen-bond donors (Lipinski definition) is 0. The van der Waals surface area contributed by atoms with Gasteiger partial charge in [0.1, 0.15) is 0 Å². The van der Waals surface area contributed by atoms with Gasteiger partial charge in [-0.15, -0.1) is 23.1 Å². The van der Waals surface area contributed by atoms with E-state index in [2.05, 4.69) is 0 Å². The molecule has 2 heterocycles. The van der Waals surface area contributed by atoms with Crippen LogP contribution in [0.1, 0.15) is 10.4 Å². The van der Waals surface area contributed by atoms with Gasteiger partial charge in [-0.1, -0.05) is 0 Å². The maximum absolute atomic E-state index is 10.9. The van der Waals surface area contributed by atoms with Gasteiger partial charge in [0, 0.05) is 5.56 Å². The summed E-state index contributed by atoms with van der Waals surface area (Å²) in [6, 6.07) is 1.91. The van der Waals surface area contributed by atoms with E-state index in [1.807, 2.05) is 11.4 Å². The molecule has 1 aliphatic rings. The smallest absolute Gasteiger partial charge is 0.175 e. The number of carbonyl (C=O) groups is 1. The zero-order valence-corrected chi connectivity index (χ0v) is 6.22. The summed E-state index contributed by atoms with van der Waals surface area (Å²) in [6.07, 6.45) is 0. The van der Waals surface area contributed by atoms with Crippen LogP contribution in [0, 0.1) is 0 Å². The maximum Gasteiger partial charge on any atom is 0.175 e. The van der Waals surface area contributed by atoms with Gasteiger partial charge >= 0.3 is 0 Å². The molecule has 2 rings (SSSR count). The second-order valence-electron chi connectivity index (χ2n) is 1.83. The standard InChI is InChI=1S/C6H4OS2/c7-5-3-9-6-4(5)1-2-8-6/h1-2H,3H2. The molecule has 3 heteroatoms. The van der Waals surface area contributed by atoms with Gasteiger partial charge in [0.2, 0.25) is 0 Å². The molecule has 1 nitrogen and oxygen atoms in total. The summed E-state index contributed by atoms with van der Waals surface area (Å²) < 4.78 is 1.19. The molecule has 0 bridgehead atoms. The number of rotatable bonds is 0. The molecule has 0 radical (unpaired) electrons. The SMILES string of the molecule is O=C1CSc2sccc21. The third kappa shape index (κ3) is 0.721. The average Bonchev–Trinajstić information content (AvgIpc) is 2.35. The van der Waals surface area contributed by atoms with E-state index in [0.717, 1.165) is 5.56 Å². The summed E-state index contributed by atoms with van der Waals surface area (Å²) in [7, 11) is 0. The molecule has 1 aromatic rings. The van der Waals surface area contributed by atoms with Crippen molar-refractivity contribution in [2.24, 2.45) is 0 Å². The lowest BCUT2D eigenvalue weighted by Crippen LogP contribution is -1.91. The molecule has 0 aliphatic carbocycles. The van der Waals surface area contributed by atoms with Gasteiger partial charge in [-0.3, -0.25) is 4.79 Å². The molecule has 1 aliphatic heterocycles. The summed E-state index contributed by atoms with van der Waals surface area (Å²) in [5.74, 6) is 0.943. The first kappa shape index (κ1) is 5.50. The fraction of sp³-hybridized carbons (Fsp3) is 0.167. The molecule has 0 aromatic carbocycles. The van der Waals surface area contributed by atoms with Crippen molar-refractivity contribution in [3.63, 3.8) is 0 Å². The lowest BCUT2D eigenvalue weighted by atomic mass is 10.2. The molecule has 0 amide bonds. The van der Waals surface area contributed by atoms with Crippen LogP contribution < -0.4 is 0 Å². The van der Waals surface area contributed by atoms with E-state index in [9.17, 15) is 4.79 Å². The summed E-state index contributed by atoms with van der Waals surface area (Å²) >= 11 is 3.31. The molecule has 46 valence electrons. The molecule has 0 atom stereocenters. The van der Waals surface area contributed by atoms with Crippen molar-refractivity contribution in [2.45, 2.75) is 4.21 Å². The highest BCUT2D eigenvalue weighted by Gasteiger charge is 2.20. The third-order valence-corrected chi connectivity index (χ3v) is 3.50. The third-order valence-electron chi connectivity index (χ3n) is 1.26. The number of thiophene rings is 1. The Morgan fingerprint density at radius 2 is 2.44 bits per heavy atom. The predicted octanol–water partition coefficient (Wildman–Crippen LogP) is 2.04. The van der Waals surface area contributed by atoms with Gasteiger partial charge < -0.3 is 0 Å². The fourth-order valence-corrected chi connectivity index (χ4v) is 2.83. The Balaban J connectivity index is 2.61. The Labute approximate surface area is 61.1 Å². The first-order valence-corrected chi connectivity index (χ1v) is 4.48. The van der Waals surface area contributed by atoms with Crippen molar-refractivity contribution in [1.29, 1.82) is 0 Å².